The number of nitrogens with zero attached hydrogens (tertiary/aromatic N) is 3. The fourth-order valence-corrected chi connectivity index (χ4v) is 3.17. The molecule has 1 aromatic carbocycles. The molecular weight excluding hydrogens is 293 g/mol. The van der Waals surface area contributed by atoms with Crippen LogP contribution < -0.4 is 0 Å². The quantitative estimate of drug-likeness (QED) is 0.631. The molecule has 0 aromatic heterocycles. The van der Waals surface area contributed by atoms with Crippen molar-refractivity contribution in [2.75, 3.05) is 19.3 Å². The third-order valence-electron chi connectivity index (χ3n) is 3.87. The summed E-state index contributed by atoms with van der Waals surface area (Å²) in [6.45, 7) is 2.09. The predicted octanol–water partition coefficient (Wildman–Crippen LogP) is 2.96. The maximum Gasteiger partial charge on any atom is 0.304 e. The molecule has 0 atom stereocenters. The summed E-state index contributed by atoms with van der Waals surface area (Å²) in [7, 11) is 0. The standard InChI is InChI=1S/C14H16FN3O2S/c1-21-14(10-16)4-6-17(7-5-14)9-11-2-3-13(18(19)20)12(15)8-11/h2-3,8H,4-7,9H2,1H3. The van der Waals surface area contributed by atoms with Gasteiger partial charge in [-0.25, -0.2) is 0 Å². The Hall–Kier alpha value is -1.65. The van der Waals surface area contributed by atoms with Crippen LogP contribution in [0, 0.1) is 27.3 Å². The van der Waals surface area contributed by atoms with Crippen LogP contribution in [-0.4, -0.2) is 33.9 Å². The summed E-state index contributed by atoms with van der Waals surface area (Å²) in [6.07, 6.45) is 3.50. The minimum atomic E-state index is -0.801. The Bertz CT molecular complexity index is 580. The first-order chi connectivity index (χ1) is 9.99. The molecule has 1 aliphatic heterocycles. The van der Waals surface area contributed by atoms with E-state index in [9.17, 15) is 19.8 Å². The zero-order valence-corrected chi connectivity index (χ0v) is 12.5. The van der Waals surface area contributed by atoms with Crippen molar-refractivity contribution in [3.05, 3.63) is 39.7 Å². The smallest absolute Gasteiger partial charge is 0.299 e. The molecule has 1 aromatic rings. The number of benzene rings is 1. The van der Waals surface area contributed by atoms with Crippen LogP contribution in [0.4, 0.5) is 10.1 Å². The lowest BCUT2D eigenvalue weighted by atomic mass is 9.97. The number of nitro benzene ring substituents is 1. The summed E-state index contributed by atoms with van der Waals surface area (Å²) in [5.74, 6) is -0.801. The molecule has 0 saturated carbocycles. The first kappa shape index (κ1) is 15.7. The van der Waals surface area contributed by atoms with Gasteiger partial charge in [0.1, 0.15) is 4.75 Å². The van der Waals surface area contributed by atoms with Crippen LogP contribution in [0.2, 0.25) is 0 Å². The van der Waals surface area contributed by atoms with Crippen molar-refractivity contribution in [2.45, 2.75) is 24.1 Å². The maximum absolute atomic E-state index is 13.6. The Morgan fingerprint density at radius 2 is 2.19 bits per heavy atom. The van der Waals surface area contributed by atoms with Crippen molar-refractivity contribution in [1.29, 1.82) is 5.26 Å². The largest absolute Gasteiger partial charge is 0.304 e. The normalized spacial score (nSPS) is 18.1. The van der Waals surface area contributed by atoms with Crippen LogP contribution in [0.25, 0.3) is 0 Å². The van der Waals surface area contributed by atoms with Gasteiger partial charge in [-0.15, -0.1) is 11.8 Å². The minimum absolute atomic E-state index is 0.308. The third-order valence-corrected chi connectivity index (χ3v) is 5.15. The Balaban J connectivity index is 2.00. The lowest BCUT2D eigenvalue weighted by Gasteiger charge is -2.36. The predicted molar refractivity (Wildman–Crippen MR) is 79.4 cm³/mol. The summed E-state index contributed by atoms with van der Waals surface area (Å²) >= 11 is 1.59. The summed E-state index contributed by atoms with van der Waals surface area (Å²) in [6, 6.07) is 6.39. The van der Waals surface area contributed by atoms with Crippen molar-refractivity contribution in [1.82, 2.24) is 4.90 Å². The van der Waals surface area contributed by atoms with Gasteiger partial charge >= 0.3 is 5.69 Å². The Kier molecular flexibility index (Phi) is 4.80. The average Bonchev–Trinajstić information content (AvgIpc) is 2.48. The molecule has 1 fully saturated rings. The zero-order valence-electron chi connectivity index (χ0n) is 11.7. The van der Waals surface area contributed by atoms with Gasteiger partial charge in [0.15, 0.2) is 0 Å². The SMILES string of the molecule is CSC1(C#N)CCN(Cc2ccc([N+](=O)[O-])c(F)c2)CC1. The number of thioether (sulfide) groups is 1. The van der Waals surface area contributed by atoms with Gasteiger partial charge in [0, 0.05) is 25.7 Å². The van der Waals surface area contributed by atoms with Crippen LogP contribution in [0.1, 0.15) is 18.4 Å². The van der Waals surface area contributed by atoms with Gasteiger partial charge in [0.2, 0.25) is 5.82 Å². The minimum Gasteiger partial charge on any atom is -0.299 e. The van der Waals surface area contributed by atoms with E-state index in [-0.39, 0.29) is 4.75 Å². The highest BCUT2D eigenvalue weighted by atomic mass is 32.2. The molecule has 0 N–H and O–H groups in total. The molecular formula is C14H16FN3O2S. The Labute approximate surface area is 126 Å². The molecule has 21 heavy (non-hydrogen) atoms. The third kappa shape index (κ3) is 3.52. The van der Waals surface area contributed by atoms with Crippen molar-refractivity contribution in [3.8, 4) is 6.07 Å². The van der Waals surface area contributed by atoms with Crippen LogP contribution >= 0.6 is 11.8 Å². The van der Waals surface area contributed by atoms with Crippen molar-refractivity contribution in [3.63, 3.8) is 0 Å². The number of rotatable bonds is 4. The van der Waals surface area contributed by atoms with Crippen LogP contribution in [0.3, 0.4) is 0 Å². The highest BCUT2D eigenvalue weighted by Crippen LogP contribution is 2.34. The topological polar surface area (TPSA) is 70.2 Å². The van der Waals surface area contributed by atoms with Gasteiger partial charge in [0.05, 0.1) is 11.0 Å². The molecule has 0 amide bonds. The van der Waals surface area contributed by atoms with Crippen LogP contribution in [0.5, 0.6) is 0 Å². The first-order valence-electron chi connectivity index (χ1n) is 6.61. The maximum atomic E-state index is 13.6. The van der Waals surface area contributed by atoms with E-state index in [0.717, 1.165) is 25.9 Å². The Morgan fingerprint density at radius 3 is 2.67 bits per heavy atom. The lowest BCUT2D eigenvalue weighted by molar-refractivity contribution is -0.387. The molecule has 0 unspecified atom stereocenters. The van der Waals surface area contributed by atoms with E-state index in [1.165, 1.54) is 12.1 Å². The van der Waals surface area contributed by atoms with Gasteiger partial charge in [-0.05, 0) is 30.7 Å². The average molecular weight is 309 g/mol. The molecule has 7 heteroatoms. The molecule has 1 aliphatic rings. The highest BCUT2D eigenvalue weighted by molar-refractivity contribution is 8.00. The summed E-state index contributed by atoms with van der Waals surface area (Å²) in [4.78, 5) is 12.0. The van der Waals surface area contributed by atoms with Gasteiger partial charge < -0.3 is 0 Å². The van der Waals surface area contributed by atoms with Gasteiger partial charge in [-0.2, -0.15) is 9.65 Å². The summed E-state index contributed by atoms with van der Waals surface area (Å²) in [5.41, 5.74) is 0.218. The van der Waals surface area contributed by atoms with Gasteiger partial charge in [-0.1, -0.05) is 6.07 Å². The van der Waals surface area contributed by atoms with E-state index in [0.29, 0.717) is 12.1 Å². The zero-order chi connectivity index (χ0) is 15.5. The van der Waals surface area contributed by atoms with Crippen LogP contribution in [-0.2, 0) is 6.54 Å². The molecule has 5 nitrogen and oxygen atoms in total. The van der Waals surface area contributed by atoms with Crippen molar-refractivity contribution < 1.29 is 9.31 Å². The molecule has 0 spiro atoms. The van der Waals surface area contributed by atoms with E-state index in [1.54, 1.807) is 17.8 Å². The van der Waals surface area contributed by atoms with Crippen molar-refractivity contribution in [2.24, 2.45) is 0 Å². The molecule has 0 radical (unpaired) electrons. The second-order valence-electron chi connectivity index (χ2n) is 5.13. The van der Waals surface area contributed by atoms with Gasteiger partial charge in [0.25, 0.3) is 0 Å². The van der Waals surface area contributed by atoms with Crippen LogP contribution in [0.15, 0.2) is 18.2 Å². The van der Waals surface area contributed by atoms with E-state index < -0.39 is 16.4 Å². The van der Waals surface area contributed by atoms with E-state index in [4.69, 9.17) is 0 Å². The first-order valence-corrected chi connectivity index (χ1v) is 7.84. The van der Waals surface area contributed by atoms with Gasteiger partial charge in [-0.3, -0.25) is 15.0 Å². The molecule has 2 rings (SSSR count). The number of hydrogen-bond donors (Lipinski definition) is 0. The fourth-order valence-electron chi connectivity index (χ4n) is 2.49. The summed E-state index contributed by atoms with van der Waals surface area (Å²) < 4.78 is 13.3. The Morgan fingerprint density at radius 1 is 1.52 bits per heavy atom. The monoisotopic (exact) mass is 309 g/mol. The second kappa shape index (κ2) is 6.41. The van der Waals surface area contributed by atoms with E-state index >= 15 is 0 Å². The fraction of sp³-hybridized carbons (Fsp3) is 0.500. The molecule has 0 aliphatic carbocycles. The molecule has 1 saturated heterocycles. The van der Waals surface area contributed by atoms with Crippen molar-refractivity contribution >= 4 is 17.4 Å². The number of nitriles is 1. The van der Waals surface area contributed by atoms with E-state index in [2.05, 4.69) is 11.0 Å². The summed E-state index contributed by atoms with van der Waals surface area (Å²) in [5, 5.41) is 19.8. The number of hydrogen-bond acceptors (Lipinski definition) is 5. The molecule has 1 heterocycles. The molecule has 0 bridgehead atoms. The second-order valence-corrected chi connectivity index (χ2v) is 6.32. The lowest BCUT2D eigenvalue weighted by Crippen LogP contribution is -2.41. The number of piperidine rings is 1. The highest BCUT2D eigenvalue weighted by Gasteiger charge is 2.33. The van der Waals surface area contributed by atoms with E-state index in [1.807, 2.05) is 6.26 Å². The number of halogens is 1. The number of nitro groups is 1. The number of likely N-dealkylation sites (tertiary alicyclic amines) is 1. The molecule has 112 valence electrons.